The number of amides is 2. The van der Waals surface area contributed by atoms with Gasteiger partial charge in [-0.3, -0.25) is 9.59 Å². The molecule has 0 atom stereocenters. The molecule has 4 nitrogen and oxygen atoms in total. The van der Waals surface area contributed by atoms with Crippen LogP contribution >= 0.6 is 0 Å². The van der Waals surface area contributed by atoms with Gasteiger partial charge in [0.15, 0.2) is 17.5 Å². The number of carbonyl (C=O) groups is 2. The summed E-state index contributed by atoms with van der Waals surface area (Å²) < 4.78 is 38.8. The van der Waals surface area contributed by atoms with E-state index < -0.39 is 34.8 Å². The Hall–Kier alpha value is -2.83. The van der Waals surface area contributed by atoms with E-state index in [0.29, 0.717) is 18.7 Å². The summed E-state index contributed by atoms with van der Waals surface area (Å²) in [7, 11) is 0. The first-order valence-electron chi connectivity index (χ1n) is 8.04. The van der Waals surface area contributed by atoms with E-state index in [1.807, 2.05) is 54.6 Å². The first-order chi connectivity index (χ1) is 13.0. The molecule has 2 amide bonds. The summed E-state index contributed by atoms with van der Waals surface area (Å²) in [5.74, 6) is -5.92. The van der Waals surface area contributed by atoms with Crippen molar-refractivity contribution in [3.05, 3.63) is 95.3 Å². The summed E-state index contributed by atoms with van der Waals surface area (Å²) in [6.45, 7) is -0.0539. The van der Waals surface area contributed by atoms with Gasteiger partial charge in [-0.2, -0.15) is 42.0 Å². The van der Waals surface area contributed by atoms with Gasteiger partial charge in [-0.05, 0) is 18.7 Å². The van der Waals surface area contributed by atoms with Crippen molar-refractivity contribution in [2.75, 3.05) is 6.54 Å². The van der Waals surface area contributed by atoms with Crippen LogP contribution in [0.15, 0.2) is 66.7 Å². The van der Waals surface area contributed by atoms with E-state index >= 15 is 0 Å². The maximum atomic E-state index is 13.0. The number of carbonyl (C=O) groups excluding carboxylic acids is 2. The van der Waals surface area contributed by atoms with Crippen LogP contribution < -0.4 is 10.6 Å². The zero-order valence-corrected chi connectivity index (χ0v) is 15.7. The average Bonchev–Trinajstić information content (AvgIpc) is 3.38. The zero-order chi connectivity index (χ0) is 19.6. The molecule has 0 aliphatic heterocycles. The molecule has 0 unspecified atom stereocenters. The minimum atomic E-state index is -1.65. The summed E-state index contributed by atoms with van der Waals surface area (Å²) in [5.41, 5.74) is 0.502. The van der Waals surface area contributed by atoms with E-state index in [1.165, 1.54) is 0 Å². The molecule has 28 heavy (non-hydrogen) atoms. The molecule has 0 aliphatic carbocycles. The minimum Gasteiger partial charge on any atom is -0.363 e. The molecule has 0 aliphatic rings. The summed E-state index contributed by atoms with van der Waals surface area (Å²) in [5, 5.41) is 4.76. The second kappa shape index (κ2) is 11.8. The van der Waals surface area contributed by atoms with Crippen molar-refractivity contribution in [2.45, 2.75) is 6.54 Å². The van der Waals surface area contributed by atoms with Crippen molar-refractivity contribution in [2.24, 2.45) is 0 Å². The Morgan fingerprint density at radius 2 is 1.57 bits per heavy atom. The second-order valence-electron chi connectivity index (χ2n) is 5.47. The van der Waals surface area contributed by atoms with Gasteiger partial charge in [-0.25, -0.2) is 31.4 Å². The van der Waals surface area contributed by atoms with Gasteiger partial charge >= 0.3 is 17.1 Å². The molecule has 0 bridgehead atoms. The van der Waals surface area contributed by atoms with Crippen LogP contribution in [0.25, 0.3) is 0 Å². The van der Waals surface area contributed by atoms with E-state index in [9.17, 15) is 22.8 Å². The monoisotopic (exact) mass is 430 g/mol. The van der Waals surface area contributed by atoms with Gasteiger partial charge in [0, 0.05) is 5.56 Å². The maximum Gasteiger partial charge on any atom is 2.00 e. The zero-order valence-electron chi connectivity index (χ0n) is 14.6. The van der Waals surface area contributed by atoms with Crippen LogP contribution in [0.4, 0.5) is 13.2 Å². The van der Waals surface area contributed by atoms with Crippen molar-refractivity contribution in [1.29, 1.82) is 0 Å². The SMILES string of the molecule is O=C(CNC(=O)c1cc(F)c(F)c(F)c1)NCc1cc[cH-]c1.[Fe+2].c1cc[cH-]c1. The molecule has 3 aromatic rings. The first-order valence-corrected chi connectivity index (χ1v) is 8.04. The molecule has 0 aromatic heterocycles. The molecule has 148 valence electrons. The van der Waals surface area contributed by atoms with Gasteiger partial charge in [0.2, 0.25) is 5.91 Å². The molecule has 2 N–H and O–H groups in total. The van der Waals surface area contributed by atoms with E-state index in [2.05, 4.69) is 10.6 Å². The third-order valence-electron chi connectivity index (χ3n) is 3.43. The van der Waals surface area contributed by atoms with Crippen LogP contribution in [-0.2, 0) is 28.4 Å². The Balaban J connectivity index is 0.000000567. The molecule has 3 aromatic carbocycles. The van der Waals surface area contributed by atoms with Gasteiger partial charge < -0.3 is 10.6 Å². The average molecular weight is 430 g/mol. The largest absolute Gasteiger partial charge is 2.00 e. The van der Waals surface area contributed by atoms with Crippen LogP contribution in [-0.4, -0.2) is 18.4 Å². The third-order valence-corrected chi connectivity index (χ3v) is 3.43. The topological polar surface area (TPSA) is 58.2 Å². The fraction of sp³-hybridized carbons (Fsp3) is 0.100. The number of halogens is 3. The Bertz CT molecular complexity index is 826. The number of rotatable bonds is 5. The van der Waals surface area contributed by atoms with Gasteiger partial charge in [0.1, 0.15) is 0 Å². The van der Waals surface area contributed by atoms with Crippen molar-refractivity contribution < 1.29 is 39.8 Å². The van der Waals surface area contributed by atoms with Crippen LogP contribution in [0, 0.1) is 17.5 Å². The van der Waals surface area contributed by atoms with Crippen LogP contribution in [0.5, 0.6) is 0 Å². The van der Waals surface area contributed by atoms with Crippen LogP contribution in [0.2, 0.25) is 0 Å². The molecular weight excluding hydrogens is 413 g/mol. The van der Waals surface area contributed by atoms with Crippen molar-refractivity contribution in [1.82, 2.24) is 10.6 Å². The second-order valence-corrected chi connectivity index (χ2v) is 5.47. The number of hydrogen-bond donors (Lipinski definition) is 2. The first kappa shape index (κ1) is 23.2. The van der Waals surface area contributed by atoms with E-state index in [1.54, 1.807) is 0 Å². The van der Waals surface area contributed by atoms with Crippen molar-refractivity contribution >= 4 is 11.8 Å². The predicted octanol–water partition coefficient (Wildman–Crippen LogP) is 3.27. The number of benzene rings is 1. The molecule has 0 fully saturated rings. The van der Waals surface area contributed by atoms with Gasteiger partial charge in [0.05, 0.1) is 6.54 Å². The molecule has 3 rings (SSSR count). The van der Waals surface area contributed by atoms with Gasteiger partial charge in [-0.1, -0.05) is 0 Å². The maximum absolute atomic E-state index is 13.0. The normalized spacial score (nSPS) is 9.54. The summed E-state index contributed by atoms with van der Waals surface area (Å²) in [4.78, 5) is 23.2. The molecule has 8 heteroatoms. The fourth-order valence-electron chi connectivity index (χ4n) is 2.06. The number of nitrogens with one attached hydrogen (secondary N) is 2. The Kier molecular flexibility index (Phi) is 9.78. The summed E-state index contributed by atoms with van der Waals surface area (Å²) in [6.07, 6.45) is 0. The van der Waals surface area contributed by atoms with E-state index in [4.69, 9.17) is 0 Å². The van der Waals surface area contributed by atoms with Gasteiger partial charge in [-0.15, -0.1) is 0 Å². The molecule has 0 heterocycles. The molecule has 0 radical (unpaired) electrons. The molecule has 0 saturated heterocycles. The number of hydrogen-bond acceptors (Lipinski definition) is 2. The van der Waals surface area contributed by atoms with Crippen molar-refractivity contribution in [3.8, 4) is 0 Å². The molecule has 0 spiro atoms. The molecule has 0 saturated carbocycles. The Morgan fingerprint density at radius 3 is 2.07 bits per heavy atom. The summed E-state index contributed by atoms with van der Waals surface area (Å²) >= 11 is 0. The van der Waals surface area contributed by atoms with Crippen LogP contribution in [0.3, 0.4) is 0 Å². The summed E-state index contributed by atoms with van der Waals surface area (Å²) in [6, 6.07) is 18.4. The molecular formula is C20H17F3FeN2O2. The predicted molar refractivity (Wildman–Crippen MR) is 94.6 cm³/mol. The van der Waals surface area contributed by atoms with E-state index in [0.717, 1.165) is 5.56 Å². The van der Waals surface area contributed by atoms with Crippen LogP contribution in [0.1, 0.15) is 15.9 Å². The van der Waals surface area contributed by atoms with E-state index in [-0.39, 0.29) is 23.6 Å². The standard InChI is InChI=1S/C15H12F3N2O2.C5H5.Fe/c16-11-5-10(6-12(17)14(11)18)15(22)20-8-13(21)19-7-9-3-1-2-4-9;1-2-4-5-3-1;/h1-6H,7-8H2,(H,19,21)(H,20,22);1-5H;/q2*-1;+2. The Labute approximate surface area is 171 Å². The smallest absolute Gasteiger partial charge is 0.363 e. The fourth-order valence-corrected chi connectivity index (χ4v) is 2.06. The third kappa shape index (κ3) is 7.42. The van der Waals surface area contributed by atoms with Crippen molar-refractivity contribution in [3.63, 3.8) is 0 Å². The Morgan fingerprint density at radius 1 is 0.929 bits per heavy atom. The quantitative estimate of drug-likeness (QED) is 0.371. The minimum absolute atomic E-state index is 0. The van der Waals surface area contributed by atoms with Gasteiger partial charge in [0.25, 0.3) is 5.91 Å².